The maximum Gasteiger partial charge on any atom is 0.159 e. The normalized spacial score (nSPS) is 12.0. The van der Waals surface area contributed by atoms with Crippen molar-refractivity contribution in [3.05, 3.63) is 89.0 Å². The molecule has 0 saturated heterocycles. The lowest BCUT2D eigenvalue weighted by molar-refractivity contribution is 0.101. The van der Waals surface area contributed by atoms with E-state index in [9.17, 15) is 9.00 Å². The highest BCUT2D eigenvalue weighted by Crippen LogP contribution is 2.26. The van der Waals surface area contributed by atoms with Crippen LogP contribution in [0.5, 0.6) is 5.75 Å². The number of unbranched alkanes of at least 4 members (excludes halogenated alkanes) is 1. The lowest BCUT2D eigenvalue weighted by Gasteiger charge is -2.16. The molecule has 0 aromatic heterocycles. The fourth-order valence-electron chi connectivity index (χ4n) is 4.28. The Morgan fingerprint density at radius 3 is 2.12 bits per heavy atom. The molecular weight excluding hydrogens is 516 g/mol. The summed E-state index contributed by atoms with van der Waals surface area (Å²) in [6, 6.07) is 22.6. The second kappa shape index (κ2) is 16.5. The van der Waals surface area contributed by atoms with E-state index in [2.05, 4.69) is 49.6 Å². The van der Waals surface area contributed by atoms with Gasteiger partial charge in [-0.3, -0.25) is 4.79 Å². The predicted molar refractivity (Wildman–Crippen MR) is 169 cm³/mol. The van der Waals surface area contributed by atoms with E-state index in [1.54, 1.807) is 36.4 Å². The van der Waals surface area contributed by atoms with Crippen LogP contribution in [0.15, 0.2) is 71.6 Å². The number of carbonyl (C=O) groups excluding carboxylic acids is 1. The number of anilines is 1. The van der Waals surface area contributed by atoms with E-state index in [-0.39, 0.29) is 5.78 Å². The minimum Gasteiger partial charge on any atom is -0.494 e. The van der Waals surface area contributed by atoms with Crippen molar-refractivity contribution in [2.24, 2.45) is 0 Å². The average molecular weight is 561 g/mol. The third-order valence-electron chi connectivity index (χ3n) is 6.68. The zero-order valence-electron chi connectivity index (χ0n) is 24.7. The number of nitrogens with one attached hydrogen (secondary N) is 1. The molecule has 1 atom stereocenters. The van der Waals surface area contributed by atoms with Crippen molar-refractivity contribution in [1.29, 1.82) is 5.26 Å². The average Bonchev–Trinajstić information content (AvgIpc) is 2.95. The number of hydrogen-bond donors (Lipinski definition) is 1. The summed E-state index contributed by atoms with van der Waals surface area (Å²) in [4.78, 5) is 12.1. The lowest BCUT2D eigenvalue weighted by Crippen LogP contribution is -2.14. The molecule has 1 unspecified atom stereocenters. The molecule has 1 N–H and O–H groups in total. The van der Waals surface area contributed by atoms with E-state index >= 15 is 0 Å². The first-order chi connectivity index (χ1) is 19.1. The van der Waals surface area contributed by atoms with Gasteiger partial charge in [-0.25, -0.2) is 4.21 Å². The number of ketones is 1. The van der Waals surface area contributed by atoms with Crippen LogP contribution in [-0.2, 0) is 9.71 Å². The second-order valence-corrected chi connectivity index (χ2v) is 12.1. The number of carbonyl (C=O) groups is 1. The minimum atomic E-state index is -2.74. The Bertz CT molecular complexity index is 1350. The summed E-state index contributed by atoms with van der Waals surface area (Å²) in [6.45, 7) is 10.6. The van der Waals surface area contributed by atoms with Crippen LogP contribution in [0.2, 0.25) is 0 Å². The van der Waals surface area contributed by atoms with Crippen LogP contribution in [0.25, 0.3) is 0 Å². The summed E-state index contributed by atoms with van der Waals surface area (Å²) < 4.78 is 21.6. The van der Waals surface area contributed by atoms with Gasteiger partial charge in [-0.2, -0.15) is 5.26 Å². The first-order valence-corrected chi connectivity index (χ1v) is 15.9. The van der Waals surface area contributed by atoms with Gasteiger partial charge in [-0.15, -0.1) is 0 Å². The van der Waals surface area contributed by atoms with E-state index in [0.717, 1.165) is 29.7 Å². The highest BCUT2D eigenvalue weighted by Gasteiger charge is 2.12. The molecule has 3 aromatic carbocycles. The summed E-state index contributed by atoms with van der Waals surface area (Å²) >= 11 is 0. The lowest BCUT2D eigenvalue weighted by atomic mass is 9.90. The number of nitrogens with zero attached hydrogens (tertiary/aromatic N) is 1. The Hall–Kier alpha value is -3.56. The van der Waals surface area contributed by atoms with Crippen LogP contribution in [0.4, 0.5) is 5.69 Å². The number of ether oxygens (including phenoxy) is 1. The van der Waals surface area contributed by atoms with Gasteiger partial charge in [-0.05, 0) is 98.5 Å². The third kappa shape index (κ3) is 10.2. The van der Waals surface area contributed by atoms with Crippen LogP contribution < -0.4 is 9.46 Å². The van der Waals surface area contributed by atoms with Gasteiger partial charge in [0.1, 0.15) is 5.75 Å². The molecule has 0 saturated carbocycles. The Labute approximate surface area is 241 Å². The van der Waals surface area contributed by atoms with Gasteiger partial charge in [-0.1, -0.05) is 64.3 Å². The number of Topliss-reactive ketones (excluding diaryl/α,β-unsaturated/α-hetero) is 1. The van der Waals surface area contributed by atoms with Crippen molar-refractivity contribution in [1.82, 2.24) is 0 Å². The molecular formula is C34H44N2O3S. The van der Waals surface area contributed by atoms with Gasteiger partial charge in [0, 0.05) is 16.1 Å². The summed E-state index contributed by atoms with van der Waals surface area (Å²) in [5.74, 6) is 5.24. The smallest absolute Gasteiger partial charge is 0.159 e. The molecule has 0 heterocycles. The number of nitriles is 1. The topological polar surface area (TPSA) is 79.2 Å². The molecule has 0 fully saturated rings. The van der Waals surface area contributed by atoms with Gasteiger partial charge in [0.05, 0.1) is 27.9 Å². The standard InChI is InChI=1S/C20H25NO3S.C14H19N/c1-5-6-13-24-18-9-11-19(12-10-18)25(4,23)21-20-14-17(16(3)22)8-7-15(20)2;1-3-5-13(6-4-2)14-9-7-12(11-15)8-10-14/h7-12,14H,4-6,13H2,1-3H3,(H,21,23);7-10,13H,3-6H2,1-2H3. The molecule has 40 heavy (non-hydrogen) atoms. The number of hydrogen-bond acceptors (Lipinski definition) is 4. The van der Waals surface area contributed by atoms with Crippen molar-refractivity contribution >= 4 is 27.0 Å². The summed E-state index contributed by atoms with van der Waals surface area (Å²) in [5.41, 5.74) is 4.27. The van der Waals surface area contributed by atoms with Gasteiger partial charge < -0.3 is 9.46 Å². The molecule has 6 heteroatoms. The van der Waals surface area contributed by atoms with Crippen molar-refractivity contribution in [3.8, 4) is 11.8 Å². The van der Waals surface area contributed by atoms with Crippen molar-refractivity contribution in [3.63, 3.8) is 0 Å². The predicted octanol–water partition coefficient (Wildman–Crippen LogP) is 8.72. The zero-order valence-corrected chi connectivity index (χ0v) is 25.5. The Morgan fingerprint density at radius 2 is 1.60 bits per heavy atom. The van der Waals surface area contributed by atoms with Crippen LogP contribution in [0.3, 0.4) is 0 Å². The fraction of sp³-hybridized carbons (Fsp3) is 0.382. The van der Waals surface area contributed by atoms with E-state index in [1.807, 2.05) is 25.1 Å². The number of aryl methyl sites for hydroxylation is 1. The third-order valence-corrected chi connectivity index (χ3v) is 8.26. The molecule has 0 radical (unpaired) electrons. The van der Waals surface area contributed by atoms with Crippen molar-refractivity contribution in [2.75, 3.05) is 11.3 Å². The molecule has 3 aromatic rings. The molecule has 0 bridgehead atoms. The number of rotatable bonds is 13. The second-order valence-electron chi connectivity index (χ2n) is 10.0. The molecule has 214 valence electrons. The van der Waals surface area contributed by atoms with Crippen LogP contribution in [0.1, 0.15) is 99.2 Å². The maximum atomic E-state index is 13.0. The van der Waals surface area contributed by atoms with E-state index in [1.165, 1.54) is 38.2 Å². The van der Waals surface area contributed by atoms with Crippen LogP contribution in [0, 0.1) is 18.3 Å². The Kier molecular flexibility index (Phi) is 13.5. The molecule has 0 amide bonds. The SMILES string of the molecule is C=S(=O)(Nc1cc(C(C)=O)ccc1C)c1ccc(OCCCC)cc1.CCCC(CCC)c1ccc(C#N)cc1. The first-order valence-electron chi connectivity index (χ1n) is 14.1. The Balaban J connectivity index is 0.000000319. The van der Waals surface area contributed by atoms with Gasteiger partial charge in [0.2, 0.25) is 0 Å². The summed E-state index contributed by atoms with van der Waals surface area (Å²) in [5, 5.41) is 8.72. The minimum absolute atomic E-state index is 0.0350. The summed E-state index contributed by atoms with van der Waals surface area (Å²) in [6.07, 6.45) is 7.03. The largest absolute Gasteiger partial charge is 0.494 e. The fourth-order valence-corrected chi connectivity index (χ4v) is 5.55. The molecule has 0 spiro atoms. The van der Waals surface area contributed by atoms with Crippen LogP contribution in [-0.4, -0.2) is 22.5 Å². The van der Waals surface area contributed by atoms with Gasteiger partial charge in [0.15, 0.2) is 5.78 Å². The summed E-state index contributed by atoms with van der Waals surface area (Å²) in [7, 11) is -2.74. The quantitative estimate of drug-likeness (QED) is 0.129. The molecule has 0 aliphatic rings. The zero-order chi connectivity index (χ0) is 29.5. The highest BCUT2D eigenvalue weighted by atomic mass is 32.2. The Morgan fingerprint density at radius 1 is 0.975 bits per heavy atom. The first kappa shape index (κ1) is 32.7. The maximum absolute atomic E-state index is 13.0. The van der Waals surface area contributed by atoms with Crippen molar-refractivity contribution in [2.45, 2.75) is 84.0 Å². The van der Waals surface area contributed by atoms with Crippen LogP contribution >= 0.6 is 0 Å². The van der Waals surface area contributed by atoms with Crippen molar-refractivity contribution < 1.29 is 13.7 Å². The van der Waals surface area contributed by atoms with E-state index in [4.69, 9.17) is 10.00 Å². The van der Waals surface area contributed by atoms with Gasteiger partial charge in [0.25, 0.3) is 0 Å². The van der Waals surface area contributed by atoms with E-state index in [0.29, 0.717) is 28.7 Å². The van der Waals surface area contributed by atoms with E-state index < -0.39 is 9.71 Å². The molecule has 3 rings (SSSR count). The molecule has 0 aliphatic carbocycles. The highest BCUT2D eigenvalue weighted by molar-refractivity contribution is 8.01. The van der Waals surface area contributed by atoms with Gasteiger partial charge >= 0.3 is 0 Å². The number of benzene rings is 3. The molecule has 5 nitrogen and oxygen atoms in total. The molecule has 0 aliphatic heterocycles. The monoisotopic (exact) mass is 560 g/mol.